The van der Waals surface area contributed by atoms with Crippen LogP contribution >= 0.6 is 15.9 Å². The summed E-state index contributed by atoms with van der Waals surface area (Å²) in [6.07, 6.45) is -5.20. The zero-order valence-corrected chi connectivity index (χ0v) is 9.35. The van der Waals surface area contributed by atoms with Gasteiger partial charge in [-0.1, -0.05) is 6.07 Å². The van der Waals surface area contributed by atoms with E-state index in [2.05, 4.69) is 20.9 Å². The van der Waals surface area contributed by atoms with Gasteiger partial charge in [-0.3, -0.25) is 0 Å². The van der Waals surface area contributed by atoms with E-state index in [1.165, 1.54) is 0 Å². The van der Waals surface area contributed by atoms with E-state index in [4.69, 9.17) is 5.73 Å². The Morgan fingerprint density at radius 3 is 2.60 bits per heavy atom. The standard InChI is InChI=1S/C9H10BrF3N2/c10-8-3-1-2-7(15-8)6(14)4-5-9(11,12)13/h1-3,6H,4-5,14H2/t6-/m1/s1. The molecule has 0 aliphatic carbocycles. The average Bonchev–Trinajstić information content (AvgIpc) is 2.13. The fourth-order valence-corrected chi connectivity index (χ4v) is 1.45. The lowest BCUT2D eigenvalue weighted by atomic mass is 10.1. The summed E-state index contributed by atoms with van der Waals surface area (Å²) in [6.45, 7) is 0. The first-order valence-corrected chi connectivity index (χ1v) is 5.12. The lowest BCUT2D eigenvalue weighted by Crippen LogP contribution is -2.16. The summed E-state index contributed by atoms with van der Waals surface area (Å²) in [7, 11) is 0. The third kappa shape index (κ3) is 4.61. The van der Waals surface area contributed by atoms with Crippen molar-refractivity contribution in [3.63, 3.8) is 0 Å². The fraction of sp³-hybridized carbons (Fsp3) is 0.444. The van der Waals surface area contributed by atoms with E-state index in [1.807, 2.05) is 0 Å². The molecular weight excluding hydrogens is 273 g/mol. The highest BCUT2D eigenvalue weighted by Crippen LogP contribution is 2.25. The second kappa shape index (κ2) is 4.94. The van der Waals surface area contributed by atoms with Crippen LogP contribution in [0.2, 0.25) is 0 Å². The zero-order chi connectivity index (χ0) is 11.5. The molecule has 1 aromatic rings. The van der Waals surface area contributed by atoms with Crippen molar-refractivity contribution in [1.82, 2.24) is 4.98 Å². The number of hydrogen-bond donors (Lipinski definition) is 1. The van der Waals surface area contributed by atoms with Crippen LogP contribution in [-0.2, 0) is 0 Å². The van der Waals surface area contributed by atoms with E-state index in [-0.39, 0.29) is 6.42 Å². The number of halogens is 4. The molecule has 1 atom stereocenters. The number of nitrogens with zero attached hydrogens (tertiary/aromatic N) is 1. The van der Waals surface area contributed by atoms with Crippen LogP contribution in [0.25, 0.3) is 0 Å². The fourth-order valence-electron chi connectivity index (χ4n) is 1.10. The first kappa shape index (κ1) is 12.4. The average molecular weight is 283 g/mol. The number of hydrogen-bond acceptors (Lipinski definition) is 2. The maximum atomic E-state index is 11.9. The molecule has 6 heteroatoms. The van der Waals surface area contributed by atoms with Crippen LogP contribution in [0, 0.1) is 0 Å². The molecule has 0 aromatic carbocycles. The Morgan fingerprint density at radius 1 is 1.40 bits per heavy atom. The Balaban J connectivity index is 2.58. The molecule has 0 radical (unpaired) electrons. The molecule has 1 heterocycles. The number of rotatable bonds is 3. The largest absolute Gasteiger partial charge is 0.389 e. The van der Waals surface area contributed by atoms with Crippen molar-refractivity contribution >= 4 is 15.9 Å². The SMILES string of the molecule is N[C@H](CCC(F)(F)F)c1cccc(Br)n1. The number of alkyl halides is 3. The van der Waals surface area contributed by atoms with Crippen molar-refractivity contribution in [2.24, 2.45) is 5.73 Å². The molecule has 0 saturated heterocycles. The van der Waals surface area contributed by atoms with Gasteiger partial charge in [0.1, 0.15) is 4.60 Å². The van der Waals surface area contributed by atoms with E-state index >= 15 is 0 Å². The van der Waals surface area contributed by atoms with Gasteiger partial charge in [0, 0.05) is 12.5 Å². The molecule has 0 spiro atoms. The van der Waals surface area contributed by atoms with Crippen LogP contribution < -0.4 is 5.73 Å². The first-order chi connectivity index (χ1) is 6.88. The predicted molar refractivity (Wildman–Crippen MR) is 54.2 cm³/mol. The highest BCUT2D eigenvalue weighted by Gasteiger charge is 2.28. The smallest absolute Gasteiger partial charge is 0.323 e. The van der Waals surface area contributed by atoms with Gasteiger partial charge >= 0.3 is 6.18 Å². The van der Waals surface area contributed by atoms with Crippen LogP contribution in [0.4, 0.5) is 13.2 Å². The topological polar surface area (TPSA) is 38.9 Å². The minimum atomic E-state index is -4.16. The second-order valence-corrected chi connectivity index (χ2v) is 3.96. The van der Waals surface area contributed by atoms with Gasteiger partial charge in [-0.05, 0) is 34.5 Å². The van der Waals surface area contributed by atoms with Gasteiger partial charge < -0.3 is 5.73 Å². The van der Waals surface area contributed by atoms with E-state index < -0.39 is 18.6 Å². The van der Waals surface area contributed by atoms with Crippen LogP contribution in [0.3, 0.4) is 0 Å². The van der Waals surface area contributed by atoms with Crippen molar-refractivity contribution in [2.75, 3.05) is 0 Å². The molecule has 0 aliphatic heterocycles. The minimum absolute atomic E-state index is 0.146. The second-order valence-electron chi connectivity index (χ2n) is 3.15. The van der Waals surface area contributed by atoms with Gasteiger partial charge in [0.15, 0.2) is 0 Å². The van der Waals surface area contributed by atoms with Crippen LogP contribution in [-0.4, -0.2) is 11.2 Å². The van der Waals surface area contributed by atoms with Crippen LogP contribution in [0.1, 0.15) is 24.6 Å². The Morgan fingerprint density at radius 2 is 2.07 bits per heavy atom. The Labute approximate surface area is 93.8 Å². The summed E-state index contributed by atoms with van der Waals surface area (Å²) in [4.78, 5) is 4.00. The zero-order valence-electron chi connectivity index (χ0n) is 7.76. The monoisotopic (exact) mass is 282 g/mol. The number of nitrogens with two attached hydrogens (primary N) is 1. The highest BCUT2D eigenvalue weighted by atomic mass is 79.9. The Hall–Kier alpha value is -0.620. The van der Waals surface area contributed by atoms with Crippen molar-refractivity contribution < 1.29 is 13.2 Å². The molecule has 15 heavy (non-hydrogen) atoms. The van der Waals surface area contributed by atoms with Crippen molar-refractivity contribution in [3.8, 4) is 0 Å². The summed E-state index contributed by atoms with van der Waals surface area (Å²) < 4.78 is 36.3. The third-order valence-corrected chi connectivity index (χ3v) is 2.30. The van der Waals surface area contributed by atoms with Gasteiger partial charge in [0.2, 0.25) is 0 Å². The maximum Gasteiger partial charge on any atom is 0.389 e. The molecule has 1 rings (SSSR count). The lowest BCUT2D eigenvalue weighted by Gasteiger charge is -2.12. The molecule has 1 aromatic heterocycles. The van der Waals surface area contributed by atoms with Gasteiger partial charge in [-0.2, -0.15) is 13.2 Å². The summed E-state index contributed by atoms with van der Waals surface area (Å²) in [6, 6.07) is 4.33. The van der Waals surface area contributed by atoms with Crippen molar-refractivity contribution in [2.45, 2.75) is 25.1 Å². The predicted octanol–water partition coefficient (Wildman–Crippen LogP) is 3.19. The molecule has 0 saturated carbocycles. The van der Waals surface area contributed by atoms with Crippen LogP contribution in [0.15, 0.2) is 22.8 Å². The molecule has 0 fully saturated rings. The molecular formula is C9H10BrF3N2. The van der Waals surface area contributed by atoms with E-state index in [0.29, 0.717) is 10.3 Å². The molecule has 2 N–H and O–H groups in total. The molecule has 2 nitrogen and oxygen atoms in total. The van der Waals surface area contributed by atoms with Gasteiger partial charge in [-0.25, -0.2) is 4.98 Å². The Bertz CT molecular complexity index is 327. The summed E-state index contributed by atoms with van der Waals surface area (Å²) in [5.41, 5.74) is 6.05. The Kier molecular flexibility index (Phi) is 4.10. The molecule has 0 amide bonds. The molecule has 0 aliphatic rings. The van der Waals surface area contributed by atoms with E-state index in [1.54, 1.807) is 18.2 Å². The lowest BCUT2D eigenvalue weighted by molar-refractivity contribution is -0.136. The normalized spacial score (nSPS) is 13.9. The van der Waals surface area contributed by atoms with E-state index in [0.717, 1.165) is 0 Å². The summed E-state index contributed by atoms with van der Waals surface area (Å²) >= 11 is 3.13. The summed E-state index contributed by atoms with van der Waals surface area (Å²) in [5.74, 6) is 0. The van der Waals surface area contributed by atoms with Crippen LogP contribution in [0.5, 0.6) is 0 Å². The van der Waals surface area contributed by atoms with Gasteiger partial charge in [-0.15, -0.1) is 0 Å². The number of pyridine rings is 1. The molecule has 0 bridgehead atoms. The first-order valence-electron chi connectivity index (χ1n) is 4.33. The van der Waals surface area contributed by atoms with Crippen molar-refractivity contribution in [3.05, 3.63) is 28.5 Å². The number of aromatic nitrogens is 1. The third-order valence-electron chi connectivity index (χ3n) is 1.86. The highest BCUT2D eigenvalue weighted by molar-refractivity contribution is 9.10. The summed E-state index contributed by atoms with van der Waals surface area (Å²) in [5, 5.41) is 0. The minimum Gasteiger partial charge on any atom is -0.323 e. The molecule has 84 valence electrons. The van der Waals surface area contributed by atoms with Gasteiger partial charge in [0.25, 0.3) is 0 Å². The maximum absolute atomic E-state index is 11.9. The molecule has 0 unspecified atom stereocenters. The quantitative estimate of drug-likeness (QED) is 0.865. The van der Waals surface area contributed by atoms with E-state index in [9.17, 15) is 13.2 Å². The van der Waals surface area contributed by atoms with Gasteiger partial charge in [0.05, 0.1) is 5.69 Å². The van der Waals surface area contributed by atoms with Crippen molar-refractivity contribution in [1.29, 1.82) is 0 Å².